The van der Waals surface area contributed by atoms with Crippen LogP contribution < -0.4 is 0 Å². The van der Waals surface area contributed by atoms with Crippen molar-refractivity contribution in [2.75, 3.05) is 0 Å². The van der Waals surface area contributed by atoms with Crippen molar-refractivity contribution in [3.05, 3.63) is 0 Å². The second kappa shape index (κ2) is 4.07. The molecule has 0 heterocycles. The van der Waals surface area contributed by atoms with E-state index in [4.69, 9.17) is 5.11 Å². The fourth-order valence-electron chi connectivity index (χ4n) is 1.88. The maximum atomic E-state index is 9.56. The van der Waals surface area contributed by atoms with E-state index in [2.05, 4.69) is 0 Å². The van der Waals surface area contributed by atoms with Crippen LogP contribution in [-0.4, -0.2) is 22.4 Å². The molecule has 1 saturated carbocycles. The van der Waals surface area contributed by atoms with Crippen LogP contribution in [0.1, 0.15) is 39.0 Å². The molecule has 0 bridgehead atoms. The summed E-state index contributed by atoms with van der Waals surface area (Å²) in [6.45, 7) is 1.73. The molecule has 0 aromatic heterocycles. The van der Waals surface area contributed by atoms with Gasteiger partial charge in [-0.2, -0.15) is 0 Å². The molecule has 0 spiro atoms. The van der Waals surface area contributed by atoms with Crippen LogP contribution in [0, 0.1) is 5.92 Å². The second-order valence-electron chi connectivity index (χ2n) is 3.70. The lowest BCUT2D eigenvalue weighted by atomic mass is 9.96. The smallest absolute Gasteiger partial charge is 0.0592 e. The van der Waals surface area contributed by atoms with Crippen molar-refractivity contribution in [2.45, 2.75) is 51.2 Å². The van der Waals surface area contributed by atoms with Gasteiger partial charge in [0.2, 0.25) is 0 Å². The Hall–Kier alpha value is -0.0800. The predicted molar refractivity (Wildman–Crippen MR) is 44.3 cm³/mol. The molecule has 0 aromatic carbocycles. The molecule has 66 valence electrons. The average Bonchev–Trinajstić information content (AvgIpc) is 2.35. The first kappa shape index (κ1) is 9.01. The molecule has 0 aromatic rings. The van der Waals surface area contributed by atoms with E-state index in [0.29, 0.717) is 12.3 Å². The third-order valence-corrected chi connectivity index (χ3v) is 2.53. The predicted octanol–water partition coefficient (Wildman–Crippen LogP) is 1.31. The monoisotopic (exact) mass is 158 g/mol. The van der Waals surface area contributed by atoms with Crippen molar-refractivity contribution >= 4 is 0 Å². The fourth-order valence-corrected chi connectivity index (χ4v) is 1.88. The lowest BCUT2D eigenvalue weighted by molar-refractivity contribution is 0.0523. The van der Waals surface area contributed by atoms with E-state index >= 15 is 0 Å². The summed E-state index contributed by atoms with van der Waals surface area (Å²) in [5.41, 5.74) is 0. The van der Waals surface area contributed by atoms with Crippen molar-refractivity contribution in [1.82, 2.24) is 0 Å². The lowest BCUT2D eigenvalue weighted by Crippen LogP contribution is -2.22. The van der Waals surface area contributed by atoms with Crippen LogP contribution in [0.4, 0.5) is 0 Å². The van der Waals surface area contributed by atoms with Gasteiger partial charge in [0.1, 0.15) is 0 Å². The molecular weight excluding hydrogens is 140 g/mol. The van der Waals surface area contributed by atoms with E-state index in [-0.39, 0.29) is 12.2 Å². The molecule has 2 atom stereocenters. The highest BCUT2D eigenvalue weighted by molar-refractivity contribution is 4.75. The first-order valence-electron chi connectivity index (χ1n) is 4.56. The van der Waals surface area contributed by atoms with Gasteiger partial charge in [-0.15, -0.1) is 0 Å². The molecule has 1 fully saturated rings. The largest absolute Gasteiger partial charge is 0.393 e. The standard InChI is InChI=1S/C9H18O2/c1-7(10)6-9(11)8-4-2-3-5-8/h7-11H,2-6H2,1H3. The average molecular weight is 158 g/mol. The van der Waals surface area contributed by atoms with Gasteiger partial charge in [-0.3, -0.25) is 0 Å². The van der Waals surface area contributed by atoms with Crippen molar-refractivity contribution < 1.29 is 10.2 Å². The van der Waals surface area contributed by atoms with Crippen LogP contribution in [0.15, 0.2) is 0 Å². The summed E-state index contributed by atoms with van der Waals surface area (Å²) in [4.78, 5) is 0. The molecule has 1 rings (SSSR count). The molecule has 0 amide bonds. The van der Waals surface area contributed by atoms with Crippen LogP contribution in [0.2, 0.25) is 0 Å². The van der Waals surface area contributed by atoms with E-state index in [9.17, 15) is 5.11 Å². The molecule has 2 nitrogen and oxygen atoms in total. The van der Waals surface area contributed by atoms with Crippen LogP contribution >= 0.6 is 0 Å². The maximum absolute atomic E-state index is 9.56. The quantitative estimate of drug-likeness (QED) is 0.650. The van der Waals surface area contributed by atoms with Gasteiger partial charge in [0.05, 0.1) is 12.2 Å². The van der Waals surface area contributed by atoms with E-state index < -0.39 is 0 Å². The van der Waals surface area contributed by atoms with Gasteiger partial charge < -0.3 is 10.2 Å². The highest BCUT2D eigenvalue weighted by atomic mass is 16.3. The van der Waals surface area contributed by atoms with Gasteiger partial charge in [-0.1, -0.05) is 12.8 Å². The zero-order valence-electron chi connectivity index (χ0n) is 7.16. The first-order valence-corrected chi connectivity index (χ1v) is 4.56. The van der Waals surface area contributed by atoms with Gasteiger partial charge in [0, 0.05) is 0 Å². The Morgan fingerprint density at radius 1 is 1.27 bits per heavy atom. The van der Waals surface area contributed by atoms with Gasteiger partial charge >= 0.3 is 0 Å². The topological polar surface area (TPSA) is 40.5 Å². The minimum Gasteiger partial charge on any atom is -0.393 e. The third kappa shape index (κ3) is 2.80. The Balaban J connectivity index is 2.22. The molecule has 2 unspecified atom stereocenters. The highest BCUT2D eigenvalue weighted by Gasteiger charge is 2.23. The van der Waals surface area contributed by atoms with Gasteiger partial charge in [-0.05, 0) is 32.1 Å². The third-order valence-electron chi connectivity index (χ3n) is 2.53. The van der Waals surface area contributed by atoms with Gasteiger partial charge in [0.15, 0.2) is 0 Å². The Morgan fingerprint density at radius 2 is 1.82 bits per heavy atom. The van der Waals surface area contributed by atoms with Crippen molar-refractivity contribution in [1.29, 1.82) is 0 Å². The summed E-state index contributed by atoms with van der Waals surface area (Å²) in [6, 6.07) is 0. The molecule has 1 aliphatic rings. The van der Waals surface area contributed by atoms with Gasteiger partial charge in [0.25, 0.3) is 0 Å². The first-order chi connectivity index (χ1) is 5.20. The van der Waals surface area contributed by atoms with Crippen LogP contribution in [0.3, 0.4) is 0 Å². The zero-order chi connectivity index (χ0) is 8.27. The van der Waals surface area contributed by atoms with Crippen LogP contribution in [0.25, 0.3) is 0 Å². The summed E-state index contributed by atoms with van der Waals surface area (Å²) in [5, 5.41) is 18.6. The summed E-state index contributed by atoms with van der Waals surface area (Å²) in [6.07, 6.45) is 4.72. The Morgan fingerprint density at radius 3 is 2.27 bits per heavy atom. The summed E-state index contributed by atoms with van der Waals surface area (Å²) < 4.78 is 0. The summed E-state index contributed by atoms with van der Waals surface area (Å²) in [7, 11) is 0. The number of aliphatic hydroxyl groups excluding tert-OH is 2. The minimum atomic E-state index is -0.356. The molecule has 0 saturated heterocycles. The number of hydrogen-bond acceptors (Lipinski definition) is 2. The Kier molecular flexibility index (Phi) is 3.34. The summed E-state index contributed by atoms with van der Waals surface area (Å²) in [5.74, 6) is 0.463. The van der Waals surface area contributed by atoms with Gasteiger partial charge in [-0.25, -0.2) is 0 Å². The molecule has 2 N–H and O–H groups in total. The molecular formula is C9H18O2. The van der Waals surface area contributed by atoms with Crippen molar-refractivity contribution in [3.8, 4) is 0 Å². The van der Waals surface area contributed by atoms with Crippen LogP contribution in [0.5, 0.6) is 0 Å². The minimum absolute atomic E-state index is 0.266. The number of hydrogen-bond donors (Lipinski definition) is 2. The zero-order valence-corrected chi connectivity index (χ0v) is 7.16. The fraction of sp³-hybridized carbons (Fsp3) is 1.00. The molecule has 0 radical (unpaired) electrons. The molecule has 11 heavy (non-hydrogen) atoms. The van der Waals surface area contributed by atoms with Crippen molar-refractivity contribution in [2.24, 2.45) is 5.92 Å². The van der Waals surface area contributed by atoms with E-state index in [1.165, 1.54) is 12.8 Å². The summed E-state index contributed by atoms with van der Waals surface area (Å²) >= 11 is 0. The van der Waals surface area contributed by atoms with E-state index in [1.807, 2.05) is 0 Å². The normalized spacial score (nSPS) is 25.4. The van der Waals surface area contributed by atoms with E-state index in [0.717, 1.165) is 12.8 Å². The molecule has 1 aliphatic carbocycles. The lowest BCUT2D eigenvalue weighted by Gasteiger charge is -2.18. The Labute approximate surface area is 68.2 Å². The van der Waals surface area contributed by atoms with Crippen molar-refractivity contribution in [3.63, 3.8) is 0 Å². The molecule has 0 aliphatic heterocycles. The van der Waals surface area contributed by atoms with E-state index in [1.54, 1.807) is 6.92 Å². The highest BCUT2D eigenvalue weighted by Crippen LogP contribution is 2.29. The Bertz CT molecular complexity index is 106. The van der Waals surface area contributed by atoms with Crippen LogP contribution in [-0.2, 0) is 0 Å². The number of rotatable bonds is 3. The number of aliphatic hydroxyl groups is 2. The second-order valence-corrected chi connectivity index (χ2v) is 3.70. The SMILES string of the molecule is CC(O)CC(O)C1CCCC1. The maximum Gasteiger partial charge on any atom is 0.0592 e. The molecule has 2 heteroatoms.